The van der Waals surface area contributed by atoms with Gasteiger partial charge in [-0.3, -0.25) is 4.79 Å². The zero-order chi connectivity index (χ0) is 12.2. The predicted molar refractivity (Wildman–Crippen MR) is 62.7 cm³/mol. The van der Waals surface area contributed by atoms with E-state index in [9.17, 15) is 9.18 Å². The van der Waals surface area contributed by atoms with E-state index in [0.717, 1.165) is 0 Å². The van der Waals surface area contributed by atoms with Crippen molar-refractivity contribution < 1.29 is 9.18 Å². The maximum absolute atomic E-state index is 13.3. The van der Waals surface area contributed by atoms with Crippen LogP contribution in [0.1, 0.15) is 13.8 Å². The first-order valence-corrected chi connectivity index (χ1v) is 5.18. The molecule has 1 aromatic rings. The summed E-state index contributed by atoms with van der Waals surface area (Å²) in [6.07, 6.45) is 0. The van der Waals surface area contributed by atoms with E-state index in [1.54, 1.807) is 39.1 Å². The highest BCUT2D eigenvalue weighted by atomic mass is 19.1. The lowest BCUT2D eigenvalue weighted by Gasteiger charge is -2.23. The Kier molecular flexibility index (Phi) is 4.01. The van der Waals surface area contributed by atoms with Gasteiger partial charge in [0.1, 0.15) is 5.82 Å². The van der Waals surface area contributed by atoms with Gasteiger partial charge in [0.05, 0.1) is 11.1 Å². The highest BCUT2D eigenvalue weighted by Crippen LogP contribution is 2.19. The van der Waals surface area contributed by atoms with Crippen LogP contribution in [0.4, 0.5) is 10.1 Å². The third-order valence-corrected chi connectivity index (χ3v) is 2.36. The monoisotopic (exact) mass is 224 g/mol. The number of amides is 1. The van der Waals surface area contributed by atoms with Crippen molar-refractivity contribution >= 4 is 11.6 Å². The molecule has 4 heteroatoms. The van der Waals surface area contributed by atoms with Crippen LogP contribution in [-0.4, -0.2) is 19.5 Å². The van der Waals surface area contributed by atoms with Crippen LogP contribution in [0.5, 0.6) is 0 Å². The fourth-order valence-electron chi connectivity index (χ4n) is 1.38. The van der Waals surface area contributed by atoms with E-state index >= 15 is 0 Å². The van der Waals surface area contributed by atoms with Crippen molar-refractivity contribution in [2.24, 2.45) is 5.41 Å². The fraction of sp³-hybridized carbons (Fsp3) is 0.417. The van der Waals surface area contributed by atoms with Gasteiger partial charge in [0.2, 0.25) is 5.91 Å². The molecule has 0 bridgehead atoms. The number of halogens is 1. The van der Waals surface area contributed by atoms with Crippen LogP contribution in [0.25, 0.3) is 0 Å². The first-order valence-electron chi connectivity index (χ1n) is 5.18. The zero-order valence-corrected chi connectivity index (χ0v) is 9.80. The molecular weight excluding hydrogens is 207 g/mol. The van der Waals surface area contributed by atoms with Gasteiger partial charge in [-0.25, -0.2) is 4.39 Å². The molecule has 0 aromatic heterocycles. The van der Waals surface area contributed by atoms with E-state index in [1.165, 1.54) is 6.07 Å². The number of carbonyl (C=O) groups excluding carboxylic acids is 1. The van der Waals surface area contributed by atoms with Crippen molar-refractivity contribution in [3.05, 3.63) is 30.1 Å². The average molecular weight is 224 g/mol. The molecule has 0 saturated heterocycles. The molecule has 0 radical (unpaired) electrons. The smallest absolute Gasteiger partial charge is 0.231 e. The molecule has 0 aliphatic rings. The Bertz CT molecular complexity index is 377. The SMILES string of the molecule is CNCC(C)(C)C(=O)Nc1ccccc1F. The molecule has 0 spiro atoms. The molecule has 1 amide bonds. The van der Waals surface area contributed by atoms with E-state index in [-0.39, 0.29) is 11.6 Å². The summed E-state index contributed by atoms with van der Waals surface area (Å²) in [5.74, 6) is -0.622. The number of benzene rings is 1. The molecule has 0 atom stereocenters. The van der Waals surface area contributed by atoms with Gasteiger partial charge < -0.3 is 10.6 Å². The second kappa shape index (κ2) is 5.07. The second-order valence-corrected chi connectivity index (χ2v) is 4.35. The number of carbonyl (C=O) groups is 1. The molecular formula is C12H17FN2O. The van der Waals surface area contributed by atoms with Gasteiger partial charge in [-0.1, -0.05) is 12.1 Å². The summed E-state index contributed by atoms with van der Waals surface area (Å²) in [7, 11) is 1.78. The van der Waals surface area contributed by atoms with Crippen LogP contribution in [0.2, 0.25) is 0 Å². The van der Waals surface area contributed by atoms with Crippen LogP contribution >= 0.6 is 0 Å². The molecule has 0 fully saturated rings. The first kappa shape index (κ1) is 12.6. The third-order valence-electron chi connectivity index (χ3n) is 2.36. The summed E-state index contributed by atoms with van der Waals surface area (Å²) in [4.78, 5) is 11.9. The van der Waals surface area contributed by atoms with Gasteiger partial charge in [-0.2, -0.15) is 0 Å². The summed E-state index contributed by atoms with van der Waals surface area (Å²) < 4.78 is 13.3. The Morgan fingerprint density at radius 2 is 2.00 bits per heavy atom. The zero-order valence-electron chi connectivity index (χ0n) is 9.80. The second-order valence-electron chi connectivity index (χ2n) is 4.35. The Labute approximate surface area is 95.0 Å². The highest BCUT2D eigenvalue weighted by molar-refractivity contribution is 5.95. The van der Waals surface area contributed by atoms with E-state index in [2.05, 4.69) is 10.6 Å². The minimum absolute atomic E-state index is 0.202. The quantitative estimate of drug-likeness (QED) is 0.821. The van der Waals surface area contributed by atoms with Crippen molar-refractivity contribution in [3.63, 3.8) is 0 Å². The van der Waals surface area contributed by atoms with Crippen LogP contribution in [0.15, 0.2) is 24.3 Å². The minimum atomic E-state index is -0.572. The van der Waals surface area contributed by atoms with Gasteiger partial charge in [0.15, 0.2) is 0 Å². The van der Waals surface area contributed by atoms with Gasteiger partial charge in [-0.05, 0) is 33.0 Å². The van der Waals surface area contributed by atoms with Crippen LogP contribution < -0.4 is 10.6 Å². The van der Waals surface area contributed by atoms with Gasteiger partial charge >= 0.3 is 0 Å². The molecule has 2 N–H and O–H groups in total. The number of rotatable bonds is 4. The van der Waals surface area contributed by atoms with Crippen molar-refractivity contribution in [2.75, 3.05) is 18.9 Å². The van der Waals surface area contributed by atoms with Crippen molar-refractivity contribution in [2.45, 2.75) is 13.8 Å². The van der Waals surface area contributed by atoms with Crippen molar-refractivity contribution in [3.8, 4) is 0 Å². The number of para-hydroxylation sites is 1. The fourth-order valence-corrected chi connectivity index (χ4v) is 1.38. The van der Waals surface area contributed by atoms with Gasteiger partial charge in [0, 0.05) is 6.54 Å². The lowest BCUT2D eigenvalue weighted by molar-refractivity contribution is -0.123. The maximum atomic E-state index is 13.3. The molecule has 0 saturated carbocycles. The summed E-state index contributed by atoms with van der Waals surface area (Å²) in [5.41, 5.74) is -0.353. The molecule has 0 heterocycles. The molecule has 88 valence electrons. The summed E-state index contributed by atoms with van der Waals surface area (Å²) >= 11 is 0. The van der Waals surface area contributed by atoms with E-state index in [0.29, 0.717) is 6.54 Å². The predicted octanol–water partition coefficient (Wildman–Crippen LogP) is 2.01. The number of hydrogen-bond acceptors (Lipinski definition) is 2. The molecule has 0 aliphatic heterocycles. The summed E-state index contributed by atoms with van der Waals surface area (Å²) in [6, 6.07) is 6.14. The van der Waals surface area contributed by atoms with E-state index in [4.69, 9.17) is 0 Å². The highest BCUT2D eigenvalue weighted by Gasteiger charge is 2.27. The Morgan fingerprint density at radius 1 is 1.38 bits per heavy atom. The van der Waals surface area contributed by atoms with Crippen LogP contribution in [0, 0.1) is 11.2 Å². The van der Waals surface area contributed by atoms with Gasteiger partial charge in [-0.15, -0.1) is 0 Å². The molecule has 0 aliphatic carbocycles. The molecule has 1 aromatic carbocycles. The molecule has 3 nitrogen and oxygen atoms in total. The van der Waals surface area contributed by atoms with Crippen molar-refractivity contribution in [1.82, 2.24) is 5.32 Å². The number of anilines is 1. The lowest BCUT2D eigenvalue weighted by atomic mass is 9.92. The normalized spacial score (nSPS) is 11.2. The van der Waals surface area contributed by atoms with Crippen LogP contribution in [0.3, 0.4) is 0 Å². The minimum Gasteiger partial charge on any atom is -0.323 e. The van der Waals surface area contributed by atoms with E-state index < -0.39 is 11.2 Å². The van der Waals surface area contributed by atoms with Crippen molar-refractivity contribution in [1.29, 1.82) is 0 Å². The third kappa shape index (κ3) is 3.03. The maximum Gasteiger partial charge on any atom is 0.231 e. The number of nitrogens with one attached hydrogen (secondary N) is 2. The van der Waals surface area contributed by atoms with Crippen LogP contribution in [-0.2, 0) is 4.79 Å². The summed E-state index contributed by atoms with van der Waals surface area (Å²) in [6.45, 7) is 4.15. The van der Waals surface area contributed by atoms with E-state index in [1.807, 2.05) is 0 Å². The standard InChI is InChI=1S/C12H17FN2O/c1-12(2,8-14-3)11(16)15-10-7-5-4-6-9(10)13/h4-7,14H,8H2,1-3H3,(H,15,16). The number of hydrogen-bond donors (Lipinski definition) is 2. The molecule has 0 unspecified atom stereocenters. The Hall–Kier alpha value is -1.42. The Morgan fingerprint density at radius 3 is 2.56 bits per heavy atom. The lowest BCUT2D eigenvalue weighted by Crippen LogP contribution is -2.38. The summed E-state index contributed by atoms with van der Waals surface area (Å²) in [5, 5.41) is 5.52. The first-order chi connectivity index (χ1) is 7.47. The molecule has 1 rings (SSSR count). The topological polar surface area (TPSA) is 41.1 Å². The molecule has 16 heavy (non-hydrogen) atoms. The Balaban J connectivity index is 2.75. The van der Waals surface area contributed by atoms with Gasteiger partial charge in [0.25, 0.3) is 0 Å². The average Bonchev–Trinajstić information content (AvgIpc) is 2.21. The largest absolute Gasteiger partial charge is 0.323 e.